The molecule has 0 bridgehead atoms. The smallest absolute Gasteiger partial charge is 0.169 e. The summed E-state index contributed by atoms with van der Waals surface area (Å²) in [6.45, 7) is 12.0. The predicted molar refractivity (Wildman–Crippen MR) is 86.1 cm³/mol. The van der Waals surface area contributed by atoms with Gasteiger partial charge in [-0.2, -0.15) is 11.0 Å². The molecule has 2 atom stereocenters. The number of aldehydes is 2. The van der Waals surface area contributed by atoms with Crippen LogP contribution < -0.4 is 11.0 Å². The Kier molecular flexibility index (Phi) is 9.67. The highest BCUT2D eigenvalue weighted by atomic mass is 16.7. The summed E-state index contributed by atoms with van der Waals surface area (Å²) >= 11 is 0. The Hall–Kier alpha value is -0.820. The van der Waals surface area contributed by atoms with E-state index in [2.05, 4.69) is 24.8 Å². The number of hydrogen-bond donors (Lipinski definition) is 2. The molecule has 2 N–H and O–H groups in total. The second kappa shape index (κ2) is 10.0. The average Bonchev–Trinajstić information content (AvgIpc) is 2.42. The quantitative estimate of drug-likeness (QED) is 0.401. The maximum absolute atomic E-state index is 11.2. The molecule has 0 radical (unpaired) electrons. The summed E-state index contributed by atoms with van der Waals surface area (Å²) in [5.74, 6) is 0. The minimum absolute atomic E-state index is 0.279. The molecule has 0 aromatic carbocycles. The minimum atomic E-state index is -1.00. The van der Waals surface area contributed by atoms with Gasteiger partial charge in [0.05, 0.1) is 0 Å². The number of carbonyl (C=O) groups is 2. The van der Waals surface area contributed by atoms with E-state index in [1.54, 1.807) is 0 Å². The molecule has 6 nitrogen and oxygen atoms in total. The van der Waals surface area contributed by atoms with Crippen molar-refractivity contribution >= 4 is 12.6 Å². The van der Waals surface area contributed by atoms with Gasteiger partial charge in [0.1, 0.15) is 0 Å². The molecule has 6 heteroatoms. The summed E-state index contributed by atoms with van der Waals surface area (Å²) in [5, 5.41) is 0. The Morgan fingerprint density at radius 3 is 1.36 bits per heavy atom. The van der Waals surface area contributed by atoms with Crippen molar-refractivity contribution in [2.75, 3.05) is 0 Å². The lowest BCUT2D eigenvalue weighted by Crippen LogP contribution is -2.49. The first-order valence-corrected chi connectivity index (χ1v) is 7.97. The van der Waals surface area contributed by atoms with E-state index < -0.39 is 12.2 Å². The summed E-state index contributed by atoms with van der Waals surface area (Å²) in [6.07, 6.45) is 2.87. The molecule has 130 valence electrons. The fraction of sp³-hybridized carbons (Fsp3) is 0.875. The summed E-state index contributed by atoms with van der Waals surface area (Å²) in [7, 11) is 0. The zero-order chi connectivity index (χ0) is 17.2. The van der Waals surface area contributed by atoms with E-state index in [9.17, 15) is 9.59 Å². The van der Waals surface area contributed by atoms with Crippen LogP contribution in [0.15, 0.2) is 0 Å². The van der Waals surface area contributed by atoms with E-state index >= 15 is 0 Å². The molecule has 0 aliphatic heterocycles. The lowest BCUT2D eigenvalue weighted by molar-refractivity contribution is -0.170. The highest BCUT2D eigenvalue weighted by molar-refractivity contribution is 5.68. The summed E-state index contributed by atoms with van der Waals surface area (Å²) in [4.78, 5) is 33.1. The van der Waals surface area contributed by atoms with Gasteiger partial charge >= 0.3 is 0 Å². The van der Waals surface area contributed by atoms with Crippen molar-refractivity contribution in [1.82, 2.24) is 11.0 Å². The van der Waals surface area contributed by atoms with E-state index in [0.29, 0.717) is 12.6 Å². The van der Waals surface area contributed by atoms with Crippen LogP contribution in [-0.2, 0) is 19.3 Å². The Bertz CT molecular complexity index is 300. The highest BCUT2D eigenvalue weighted by Gasteiger charge is 2.28. The zero-order valence-corrected chi connectivity index (χ0v) is 14.8. The Labute approximate surface area is 134 Å². The summed E-state index contributed by atoms with van der Waals surface area (Å²) < 4.78 is 0. The Balaban J connectivity index is 4.54. The van der Waals surface area contributed by atoms with Crippen LogP contribution in [0.1, 0.15) is 67.2 Å². The van der Waals surface area contributed by atoms with E-state index in [4.69, 9.17) is 9.68 Å². The molecule has 0 aromatic heterocycles. The van der Waals surface area contributed by atoms with Crippen molar-refractivity contribution in [2.24, 2.45) is 0 Å². The molecule has 2 unspecified atom stereocenters. The molecule has 0 heterocycles. The van der Waals surface area contributed by atoms with Crippen molar-refractivity contribution in [1.29, 1.82) is 0 Å². The van der Waals surface area contributed by atoms with Crippen molar-refractivity contribution in [3.63, 3.8) is 0 Å². The van der Waals surface area contributed by atoms with E-state index in [0.717, 1.165) is 25.7 Å². The number of rotatable bonds is 13. The first-order valence-electron chi connectivity index (χ1n) is 7.97. The molecule has 0 rings (SSSR count). The maximum atomic E-state index is 11.2. The molecule has 0 fully saturated rings. The number of carbonyl (C=O) groups excluding carboxylic acids is 2. The summed E-state index contributed by atoms with van der Waals surface area (Å²) in [5.41, 5.74) is 5.14. The minimum Gasteiger partial charge on any atom is -0.300 e. The van der Waals surface area contributed by atoms with Crippen LogP contribution in [0.5, 0.6) is 0 Å². The first-order chi connectivity index (χ1) is 10.2. The zero-order valence-electron chi connectivity index (χ0n) is 14.8. The van der Waals surface area contributed by atoms with Crippen molar-refractivity contribution < 1.29 is 19.3 Å². The van der Waals surface area contributed by atoms with Gasteiger partial charge in [-0.05, 0) is 40.5 Å². The van der Waals surface area contributed by atoms with E-state index in [-0.39, 0.29) is 11.1 Å². The first kappa shape index (κ1) is 21.2. The van der Waals surface area contributed by atoms with Gasteiger partial charge in [-0.3, -0.25) is 9.68 Å². The Morgan fingerprint density at radius 2 is 1.14 bits per heavy atom. The normalized spacial score (nSPS) is 15.4. The fourth-order valence-electron chi connectivity index (χ4n) is 2.15. The monoisotopic (exact) mass is 316 g/mol. The number of hydrogen-bond acceptors (Lipinski definition) is 6. The van der Waals surface area contributed by atoms with Gasteiger partial charge in [0.25, 0.3) is 0 Å². The van der Waals surface area contributed by atoms with Gasteiger partial charge < -0.3 is 9.59 Å². The Morgan fingerprint density at radius 1 is 0.818 bits per heavy atom. The van der Waals surface area contributed by atoms with Crippen molar-refractivity contribution in [3.8, 4) is 0 Å². The van der Waals surface area contributed by atoms with Crippen LogP contribution in [0.4, 0.5) is 0 Å². The van der Waals surface area contributed by atoms with Gasteiger partial charge in [0, 0.05) is 11.1 Å². The third kappa shape index (κ3) is 8.58. The molecular formula is C16H32N2O4. The fourth-order valence-corrected chi connectivity index (χ4v) is 2.15. The molecule has 0 aromatic rings. The third-order valence-corrected chi connectivity index (χ3v) is 3.28. The average molecular weight is 316 g/mol. The molecule has 0 saturated carbocycles. The predicted octanol–water partition coefficient (Wildman–Crippen LogP) is 2.32. The van der Waals surface area contributed by atoms with Crippen LogP contribution >= 0.6 is 0 Å². The van der Waals surface area contributed by atoms with Crippen LogP contribution in [0.2, 0.25) is 0 Å². The molecule has 0 amide bonds. The standard InChI is InChI=1S/C16H32N2O4/c1-7-9-15(3,4)17-21-13(11-19)14(12-20)22-18-16(5,6)10-8-2/h11-14,17-18H,7-10H2,1-6H3. The highest BCUT2D eigenvalue weighted by Crippen LogP contribution is 2.13. The number of nitrogens with one attached hydrogen (secondary N) is 2. The van der Waals surface area contributed by atoms with Gasteiger partial charge in [-0.1, -0.05) is 26.7 Å². The molecular weight excluding hydrogens is 284 g/mol. The van der Waals surface area contributed by atoms with Crippen molar-refractivity contribution in [2.45, 2.75) is 90.5 Å². The van der Waals surface area contributed by atoms with Gasteiger partial charge in [-0.25, -0.2) is 0 Å². The second-order valence-electron chi connectivity index (χ2n) is 6.91. The van der Waals surface area contributed by atoms with Crippen LogP contribution in [-0.4, -0.2) is 35.9 Å². The molecule has 0 spiro atoms. The lowest BCUT2D eigenvalue weighted by Gasteiger charge is -2.30. The third-order valence-electron chi connectivity index (χ3n) is 3.28. The summed E-state index contributed by atoms with van der Waals surface area (Å²) in [6, 6.07) is 0. The van der Waals surface area contributed by atoms with Gasteiger partial charge in [0.2, 0.25) is 0 Å². The molecule has 22 heavy (non-hydrogen) atoms. The maximum Gasteiger partial charge on any atom is 0.169 e. The van der Waals surface area contributed by atoms with Crippen LogP contribution in [0.3, 0.4) is 0 Å². The molecule has 0 aliphatic rings. The largest absolute Gasteiger partial charge is 0.300 e. The van der Waals surface area contributed by atoms with Gasteiger partial charge in [0.15, 0.2) is 24.8 Å². The van der Waals surface area contributed by atoms with E-state index in [1.165, 1.54) is 0 Å². The SMILES string of the molecule is CCCC(C)(C)NOC(C=O)C(C=O)ONC(C)(C)CCC. The van der Waals surface area contributed by atoms with Crippen LogP contribution in [0.25, 0.3) is 0 Å². The molecule has 0 aliphatic carbocycles. The second-order valence-corrected chi connectivity index (χ2v) is 6.91. The van der Waals surface area contributed by atoms with Crippen molar-refractivity contribution in [3.05, 3.63) is 0 Å². The number of hydroxylamine groups is 2. The molecule has 0 saturated heterocycles. The van der Waals surface area contributed by atoms with E-state index in [1.807, 2.05) is 27.7 Å². The van der Waals surface area contributed by atoms with Crippen LogP contribution in [0, 0.1) is 0 Å². The topological polar surface area (TPSA) is 76.7 Å². The lowest BCUT2D eigenvalue weighted by atomic mass is 10.0. The van der Waals surface area contributed by atoms with Gasteiger partial charge in [-0.15, -0.1) is 0 Å².